The highest BCUT2D eigenvalue weighted by molar-refractivity contribution is 9.11. The predicted molar refractivity (Wildman–Crippen MR) is 70.0 cm³/mol. The van der Waals surface area contributed by atoms with Crippen LogP contribution in [-0.4, -0.2) is 37.0 Å². The second-order valence-electron chi connectivity index (χ2n) is 4.00. The fourth-order valence-corrected chi connectivity index (χ4v) is 3.33. The number of carbonyl (C=O) groups excluding carboxylic acids is 1. The Balaban J connectivity index is 2.03. The third-order valence-electron chi connectivity index (χ3n) is 2.96. The third kappa shape index (κ3) is 2.64. The van der Waals surface area contributed by atoms with E-state index in [0.717, 1.165) is 34.6 Å². The summed E-state index contributed by atoms with van der Waals surface area (Å²) in [5, 5.41) is 3.31. The van der Waals surface area contributed by atoms with Gasteiger partial charge in [-0.25, -0.2) is 0 Å². The lowest BCUT2D eigenvalue weighted by Gasteiger charge is -2.31. The molecule has 0 spiro atoms. The van der Waals surface area contributed by atoms with E-state index in [4.69, 9.17) is 0 Å². The molecule has 0 aliphatic carbocycles. The van der Waals surface area contributed by atoms with Gasteiger partial charge in [-0.3, -0.25) is 4.79 Å². The Labute approximate surface area is 108 Å². The molecule has 88 valence electrons. The number of thiophene rings is 1. The number of piperidine rings is 1. The first-order chi connectivity index (χ1) is 7.68. The summed E-state index contributed by atoms with van der Waals surface area (Å²) < 4.78 is 1.01. The Hall–Kier alpha value is -0.390. The molecular weight excluding hydrogens is 288 g/mol. The molecule has 1 aromatic rings. The van der Waals surface area contributed by atoms with E-state index < -0.39 is 0 Å². The smallest absolute Gasteiger partial charge is 0.263 e. The summed E-state index contributed by atoms with van der Waals surface area (Å²) in [6.45, 7) is 2.02. The maximum atomic E-state index is 12.2. The van der Waals surface area contributed by atoms with Crippen molar-refractivity contribution in [2.45, 2.75) is 18.9 Å². The van der Waals surface area contributed by atoms with Gasteiger partial charge in [-0.1, -0.05) is 0 Å². The summed E-state index contributed by atoms with van der Waals surface area (Å²) in [7, 11) is 1.91. The number of hydrogen-bond acceptors (Lipinski definition) is 3. The van der Waals surface area contributed by atoms with Gasteiger partial charge in [0, 0.05) is 13.1 Å². The molecule has 1 aromatic heterocycles. The summed E-state index contributed by atoms with van der Waals surface area (Å²) in [4.78, 5) is 14.9. The molecule has 1 saturated heterocycles. The fraction of sp³-hybridized carbons (Fsp3) is 0.545. The van der Waals surface area contributed by atoms with Crippen molar-refractivity contribution in [1.29, 1.82) is 0 Å². The Morgan fingerprint density at radius 1 is 1.50 bits per heavy atom. The fourth-order valence-electron chi connectivity index (χ4n) is 1.96. The number of halogens is 1. The minimum absolute atomic E-state index is 0.141. The van der Waals surface area contributed by atoms with Crippen molar-refractivity contribution >= 4 is 33.2 Å². The van der Waals surface area contributed by atoms with Crippen molar-refractivity contribution in [3.8, 4) is 0 Å². The van der Waals surface area contributed by atoms with Crippen LogP contribution in [0.25, 0.3) is 0 Å². The van der Waals surface area contributed by atoms with Crippen LogP contribution in [-0.2, 0) is 0 Å². The van der Waals surface area contributed by atoms with Gasteiger partial charge < -0.3 is 10.2 Å². The van der Waals surface area contributed by atoms with E-state index in [9.17, 15) is 4.79 Å². The normalized spacial score (nSPS) is 17.4. The van der Waals surface area contributed by atoms with E-state index in [1.54, 1.807) is 0 Å². The number of rotatable bonds is 2. The van der Waals surface area contributed by atoms with Crippen LogP contribution >= 0.6 is 27.3 Å². The zero-order chi connectivity index (χ0) is 11.5. The first-order valence-corrected chi connectivity index (χ1v) is 7.02. The molecule has 0 atom stereocenters. The van der Waals surface area contributed by atoms with Crippen molar-refractivity contribution in [3.05, 3.63) is 20.8 Å². The van der Waals surface area contributed by atoms with Crippen molar-refractivity contribution in [2.24, 2.45) is 0 Å². The largest absolute Gasteiger partial charge is 0.338 e. The molecule has 16 heavy (non-hydrogen) atoms. The van der Waals surface area contributed by atoms with Gasteiger partial charge in [0.15, 0.2) is 0 Å². The topological polar surface area (TPSA) is 32.3 Å². The van der Waals surface area contributed by atoms with E-state index in [-0.39, 0.29) is 5.91 Å². The molecule has 1 aliphatic rings. The summed E-state index contributed by atoms with van der Waals surface area (Å²) in [6.07, 6.45) is 2.10. The van der Waals surface area contributed by atoms with Crippen LogP contribution in [0.15, 0.2) is 15.9 Å². The van der Waals surface area contributed by atoms with Crippen molar-refractivity contribution in [3.63, 3.8) is 0 Å². The van der Waals surface area contributed by atoms with E-state index in [0.29, 0.717) is 6.04 Å². The van der Waals surface area contributed by atoms with Crippen molar-refractivity contribution in [1.82, 2.24) is 10.2 Å². The lowest BCUT2D eigenvalue weighted by molar-refractivity contribution is 0.0708. The first-order valence-electron chi connectivity index (χ1n) is 5.41. The molecule has 1 aliphatic heterocycles. The van der Waals surface area contributed by atoms with Crippen LogP contribution in [0.2, 0.25) is 0 Å². The van der Waals surface area contributed by atoms with Crippen LogP contribution in [0.1, 0.15) is 22.5 Å². The molecule has 0 aromatic carbocycles. The molecule has 3 nitrogen and oxygen atoms in total. The maximum Gasteiger partial charge on any atom is 0.263 e. The summed E-state index contributed by atoms with van der Waals surface area (Å²) >= 11 is 4.88. The molecule has 2 rings (SSSR count). The highest BCUT2D eigenvalue weighted by Crippen LogP contribution is 2.24. The molecule has 0 saturated carbocycles. The average Bonchev–Trinajstić information content (AvgIpc) is 2.75. The highest BCUT2D eigenvalue weighted by atomic mass is 79.9. The molecule has 5 heteroatoms. The van der Waals surface area contributed by atoms with Gasteiger partial charge in [0.05, 0.1) is 8.66 Å². The predicted octanol–water partition coefficient (Wildman–Crippen LogP) is 2.33. The molecule has 1 amide bonds. The SMILES string of the molecule is CN(C(=O)c1ccc(Br)s1)C1CCNCC1. The summed E-state index contributed by atoms with van der Waals surface area (Å²) in [5.41, 5.74) is 0. The molecule has 1 N–H and O–H groups in total. The van der Waals surface area contributed by atoms with Crippen LogP contribution in [0.4, 0.5) is 0 Å². The zero-order valence-electron chi connectivity index (χ0n) is 9.20. The molecule has 0 unspecified atom stereocenters. The minimum atomic E-state index is 0.141. The first kappa shape index (κ1) is 12.1. The van der Waals surface area contributed by atoms with Gasteiger partial charge in [-0.05, 0) is 54.0 Å². The van der Waals surface area contributed by atoms with Crippen LogP contribution in [0.5, 0.6) is 0 Å². The monoisotopic (exact) mass is 302 g/mol. The van der Waals surface area contributed by atoms with Gasteiger partial charge in [0.1, 0.15) is 0 Å². The zero-order valence-corrected chi connectivity index (χ0v) is 11.6. The van der Waals surface area contributed by atoms with Gasteiger partial charge in [0.2, 0.25) is 0 Å². The Bertz CT molecular complexity index is 374. The van der Waals surface area contributed by atoms with Crippen LogP contribution < -0.4 is 5.32 Å². The highest BCUT2D eigenvalue weighted by Gasteiger charge is 2.23. The van der Waals surface area contributed by atoms with Crippen LogP contribution in [0.3, 0.4) is 0 Å². The standard InChI is InChI=1S/C11H15BrN2OS/c1-14(8-4-6-13-7-5-8)11(15)9-2-3-10(12)16-9/h2-3,8,13H,4-7H2,1H3. The molecule has 0 bridgehead atoms. The average molecular weight is 303 g/mol. The lowest BCUT2D eigenvalue weighted by atomic mass is 10.1. The summed E-state index contributed by atoms with van der Waals surface area (Å²) in [6, 6.07) is 4.19. The van der Waals surface area contributed by atoms with E-state index in [2.05, 4.69) is 21.2 Å². The minimum Gasteiger partial charge on any atom is -0.338 e. The van der Waals surface area contributed by atoms with Crippen molar-refractivity contribution in [2.75, 3.05) is 20.1 Å². The number of hydrogen-bond donors (Lipinski definition) is 1. The Morgan fingerprint density at radius 3 is 2.75 bits per heavy atom. The number of nitrogens with zero attached hydrogens (tertiary/aromatic N) is 1. The van der Waals surface area contributed by atoms with Gasteiger partial charge in [0.25, 0.3) is 5.91 Å². The maximum absolute atomic E-state index is 12.2. The second-order valence-corrected chi connectivity index (χ2v) is 6.46. The third-order valence-corrected chi connectivity index (χ3v) is 4.57. The quantitative estimate of drug-likeness (QED) is 0.909. The number of amides is 1. The van der Waals surface area contributed by atoms with E-state index in [1.807, 2.05) is 24.1 Å². The van der Waals surface area contributed by atoms with Gasteiger partial charge in [-0.2, -0.15) is 0 Å². The molecule has 0 radical (unpaired) electrons. The van der Waals surface area contributed by atoms with E-state index >= 15 is 0 Å². The van der Waals surface area contributed by atoms with Crippen molar-refractivity contribution < 1.29 is 4.79 Å². The Kier molecular flexibility index (Phi) is 4.00. The number of carbonyl (C=O) groups is 1. The lowest BCUT2D eigenvalue weighted by Crippen LogP contribution is -2.43. The molecule has 2 heterocycles. The van der Waals surface area contributed by atoms with Gasteiger partial charge in [-0.15, -0.1) is 11.3 Å². The molecular formula is C11H15BrN2OS. The van der Waals surface area contributed by atoms with Crippen LogP contribution in [0, 0.1) is 0 Å². The second kappa shape index (κ2) is 5.29. The summed E-state index contributed by atoms with van der Waals surface area (Å²) in [5.74, 6) is 0.141. The number of nitrogens with one attached hydrogen (secondary N) is 1. The van der Waals surface area contributed by atoms with E-state index in [1.165, 1.54) is 11.3 Å². The van der Waals surface area contributed by atoms with Gasteiger partial charge >= 0.3 is 0 Å². The molecule has 1 fully saturated rings. The Morgan fingerprint density at radius 2 is 2.19 bits per heavy atom.